The van der Waals surface area contributed by atoms with Crippen LogP contribution in [0.4, 0.5) is 0 Å². The minimum Gasteiger partial charge on any atom is -0.381 e. The van der Waals surface area contributed by atoms with Gasteiger partial charge in [-0.2, -0.15) is 0 Å². The number of ether oxygens (including phenoxy) is 1. The quantitative estimate of drug-likeness (QED) is 0.555. The molecule has 0 bridgehead atoms. The van der Waals surface area contributed by atoms with Crippen LogP contribution in [0, 0.1) is 11.8 Å². The van der Waals surface area contributed by atoms with Gasteiger partial charge in [0.15, 0.2) is 0 Å². The molecule has 0 aromatic heterocycles. The van der Waals surface area contributed by atoms with E-state index in [1.165, 1.54) is 19.3 Å². The first kappa shape index (κ1) is 8.79. The molecule has 0 spiro atoms. The Morgan fingerprint density at radius 2 is 2.18 bits per heavy atom. The third-order valence-electron chi connectivity index (χ3n) is 2.80. The van der Waals surface area contributed by atoms with Crippen molar-refractivity contribution in [2.24, 2.45) is 11.8 Å². The van der Waals surface area contributed by atoms with Crippen molar-refractivity contribution in [2.45, 2.75) is 32.3 Å². The number of methoxy groups -OCH3 is 1. The van der Waals surface area contributed by atoms with E-state index < -0.39 is 0 Å². The van der Waals surface area contributed by atoms with Gasteiger partial charge < -0.3 is 4.74 Å². The summed E-state index contributed by atoms with van der Waals surface area (Å²) in [4.78, 5) is 0. The SMILES string of the molecule is C=CC1CCC(C)C(OC)C1. The predicted molar refractivity (Wildman–Crippen MR) is 47.5 cm³/mol. The molecule has 3 atom stereocenters. The molecule has 0 N–H and O–H groups in total. The Hall–Kier alpha value is -0.300. The topological polar surface area (TPSA) is 9.23 Å². The first-order valence-electron chi connectivity index (χ1n) is 4.43. The summed E-state index contributed by atoms with van der Waals surface area (Å²) in [6, 6.07) is 0. The van der Waals surface area contributed by atoms with Crippen LogP contribution < -0.4 is 0 Å². The van der Waals surface area contributed by atoms with Gasteiger partial charge in [0.2, 0.25) is 0 Å². The van der Waals surface area contributed by atoms with Crippen LogP contribution in [-0.4, -0.2) is 13.2 Å². The summed E-state index contributed by atoms with van der Waals surface area (Å²) in [5.41, 5.74) is 0. The molecule has 1 aliphatic carbocycles. The molecule has 0 aromatic carbocycles. The van der Waals surface area contributed by atoms with E-state index in [0.717, 1.165) is 5.92 Å². The molecule has 1 rings (SSSR count). The molecule has 0 heterocycles. The molecular formula is C10H18O. The van der Waals surface area contributed by atoms with Crippen molar-refractivity contribution in [1.82, 2.24) is 0 Å². The lowest BCUT2D eigenvalue weighted by Crippen LogP contribution is -2.28. The second-order valence-corrected chi connectivity index (χ2v) is 3.56. The summed E-state index contributed by atoms with van der Waals surface area (Å²) >= 11 is 0. The van der Waals surface area contributed by atoms with Gasteiger partial charge in [0.25, 0.3) is 0 Å². The summed E-state index contributed by atoms with van der Waals surface area (Å²) in [6.07, 6.45) is 6.28. The van der Waals surface area contributed by atoms with Gasteiger partial charge in [0.1, 0.15) is 0 Å². The van der Waals surface area contributed by atoms with E-state index in [1.54, 1.807) is 0 Å². The van der Waals surface area contributed by atoms with Crippen LogP contribution in [0.25, 0.3) is 0 Å². The highest BCUT2D eigenvalue weighted by atomic mass is 16.5. The first-order chi connectivity index (χ1) is 5.27. The highest BCUT2D eigenvalue weighted by Gasteiger charge is 2.25. The largest absolute Gasteiger partial charge is 0.381 e. The fraction of sp³-hybridized carbons (Fsp3) is 0.800. The average molecular weight is 154 g/mol. The van der Waals surface area contributed by atoms with E-state index in [1.807, 2.05) is 7.11 Å². The standard InChI is InChI=1S/C10H18O/c1-4-9-6-5-8(2)10(7-9)11-3/h4,8-10H,1,5-7H2,2-3H3. The number of hydrogen-bond acceptors (Lipinski definition) is 1. The van der Waals surface area contributed by atoms with Crippen molar-refractivity contribution in [3.8, 4) is 0 Å². The first-order valence-corrected chi connectivity index (χ1v) is 4.43. The van der Waals surface area contributed by atoms with Crippen LogP contribution in [0.3, 0.4) is 0 Å². The van der Waals surface area contributed by atoms with Gasteiger partial charge >= 0.3 is 0 Å². The van der Waals surface area contributed by atoms with E-state index in [0.29, 0.717) is 12.0 Å². The van der Waals surface area contributed by atoms with Gasteiger partial charge in [0, 0.05) is 7.11 Å². The highest BCUT2D eigenvalue weighted by molar-refractivity contribution is 4.87. The van der Waals surface area contributed by atoms with E-state index in [-0.39, 0.29) is 0 Å². The van der Waals surface area contributed by atoms with Gasteiger partial charge in [-0.1, -0.05) is 13.0 Å². The third-order valence-corrected chi connectivity index (χ3v) is 2.80. The molecule has 3 unspecified atom stereocenters. The third kappa shape index (κ3) is 2.06. The maximum Gasteiger partial charge on any atom is 0.0602 e. The summed E-state index contributed by atoms with van der Waals surface area (Å²) in [7, 11) is 1.81. The monoisotopic (exact) mass is 154 g/mol. The van der Waals surface area contributed by atoms with E-state index >= 15 is 0 Å². The summed E-state index contributed by atoms with van der Waals surface area (Å²) in [5.74, 6) is 1.42. The lowest BCUT2D eigenvalue weighted by molar-refractivity contribution is 0.0193. The zero-order valence-electron chi connectivity index (χ0n) is 7.55. The molecule has 0 aromatic rings. The number of allylic oxidation sites excluding steroid dienone is 1. The Bertz CT molecular complexity index is 131. The second-order valence-electron chi connectivity index (χ2n) is 3.56. The minimum atomic E-state index is 0.465. The molecule has 1 aliphatic rings. The van der Waals surface area contributed by atoms with E-state index in [4.69, 9.17) is 4.74 Å². The van der Waals surface area contributed by atoms with Crippen molar-refractivity contribution in [1.29, 1.82) is 0 Å². The van der Waals surface area contributed by atoms with Crippen molar-refractivity contribution in [2.75, 3.05) is 7.11 Å². The van der Waals surface area contributed by atoms with Crippen LogP contribution in [-0.2, 0) is 4.74 Å². The van der Waals surface area contributed by atoms with Gasteiger partial charge in [-0.3, -0.25) is 0 Å². The average Bonchev–Trinajstić information content (AvgIpc) is 2.05. The van der Waals surface area contributed by atoms with Crippen molar-refractivity contribution < 1.29 is 4.74 Å². The van der Waals surface area contributed by atoms with Crippen molar-refractivity contribution >= 4 is 0 Å². The van der Waals surface area contributed by atoms with Crippen molar-refractivity contribution in [3.63, 3.8) is 0 Å². The minimum absolute atomic E-state index is 0.465. The maximum atomic E-state index is 5.39. The van der Waals surface area contributed by atoms with Crippen LogP contribution in [0.2, 0.25) is 0 Å². The Morgan fingerprint density at radius 1 is 1.45 bits per heavy atom. The smallest absolute Gasteiger partial charge is 0.0602 e. The molecule has 1 fully saturated rings. The summed E-state index contributed by atoms with van der Waals surface area (Å²) < 4.78 is 5.39. The summed E-state index contributed by atoms with van der Waals surface area (Å²) in [6.45, 7) is 6.09. The van der Waals surface area contributed by atoms with Crippen LogP contribution >= 0.6 is 0 Å². The van der Waals surface area contributed by atoms with Crippen molar-refractivity contribution in [3.05, 3.63) is 12.7 Å². The Balaban J connectivity index is 2.43. The predicted octanol–water partition coefficient (Wildman–Crippen LogP) is 2.62. The Kier molecular flexibility index (Phi) is 3.13. The molecule has 1 nitrogen and oxygen atoms in total. The van der Waals surface area contributed by atoms with Gasteiger partial charge in [-0.25, -0.2) is 0 Å². The molecule has 0 radical (unpaired) electrons. The highest BCUT2D eigenvalue weighted by Crippen LogP contribution is 2.30. The van der Waals surface area contributed by atoms with Crippen LogP contribution in [0.1, 0.15) is 26.2 Å². The van der Waals surface area contributed by atoms with Gasteiger partial charge in [-0.05, 0) is 31.1 Å². The zero-order chi connectivity index (χ0) is 8.27. The second kappa shape index (κ2) is 3.91. The lowest BCUT2D eigenvalue weighted by Gasteiger charge is -2.31. The molecule has 0 saturated heterocycles. The lowest BCUT2D eigenvalue weighted by atomic mass is 9.81. The molecular weight excluding hydrogens is 136 g/mol. The molecule has 1 saturated carbocycles. The molecule has 64 valence electrons. The summed E-state index contributed by atoms with van der Waals surface area (Å²) in [5, 5.41) is 0. The molecule has 11 heavy (non-hydrogen) atoms. The normalized spacial score (nSPS) is 38.5. The van der Waals surface area contributed by atoms with Crippen LogP contribution in [0.5, 0.6) is 0 Å². The Morgan fingerprint density at radius 3 is 2.73 bits per heavy atom. The van der Waals surface area contributed by atoms with E-state index in [2.05, 4.69) is 19.6 Å². The number of hydrogen-bond donors (Lipinski definition) is 0. The van der Waals surface area contributed by atoms with Gasteiger partial charge in [0.05, 0.1) is 6.10 Å². The van der Waals surface area contributed by atoms with Gasteiger partial charge in [-0.15, -0.1) is 6.58 Å². The molecule has 0 aliphatic heterocycles. The Labute approximate surface area is 69.4 Å². The van der Waals surface area contributed by atoms with Crippen LogP contribution in [0.15, 0.2) is 12.7 Å². The fourth-order valence-corrected chi connectivity index (χ4v) is 1.85. The number of rotatable bonds is 2. The molecule has 1 heteroatoms. The maximum absolute atomic E-state index is 5.39. The molecule has 0 amide bonds. The van der Waals surface area contributed by atoms with E-state index in [9.17, 15) is 0 Å². The zero-order valence-corrected chi connectivity index (χ0v) is 7.55. The fourth-order valence-electron chi connectivity index (χ4n) is 1.85.